The second kappa shape index (κ2) is 5.84. The lowest BCUT2D eigenvalue weighted by Crippen LogP contribution is -3.00. The van der Waals surface area contributed by atoms with Crippen LogP contribution in [0.15, 0.2) is 24.5 Å². The predicted octanol–water partition coefficient (Wildman–Crippen LogP) is -0.201. The molecular weight excluding hydrogens is 298 g/mol. The summed E-state index contributed by atoms with van der Waals surface area (Å²) in [5.41, 5.74) is 1.05. The lowest BCUT2D eigenvalue weighted by atomic mass is 9.54. The van der Waals surface area contributed by atoms with E-state index in [0.717, 1.165) is 37.0 Å². The van der Waals surface area contributed by atoms with E-state index in [0.29, 0.717) is 6.54 Å². The summed E-state index contributed by atoms with van der Waals surface area (Å²) in [7, 11) is 0. The normalized spacial score (nSPS) is 35.0. The number of aromatic nitrogens is 1. The maximum Gasteiger partial charge on any atom is 0.373 e. The van der Waals surface area contributed by atoms with Gasteiger partial charge in [0.15, 0.2) is 12.4 Å². The Balaban J connectivity index is 0.00000144. The molecule has 0 N–H and O–H groups in total. The van der Waals surface area contributed by atoms with Gasteiger partial charge < -0.3 is 17.1 Å². The first kappa shape index (κ1) is 15.8. The third kappa shape index (κ3) is 3.01. The number of nitrogens with zero attached hydrogens (tertiary/aromatic N) is 1. The quantitative estimate of drug-likeness (QED) is 0.570. The smallest absolute Gasteiger partial charge is 0.373 e. The number of hydrogen-bond donors (Lipinski definition) is 0. The molecule has 1 heterocycles. The highest BCUT2D eigenvalue weighted by atomic mass is 35.5. The van der Waals surface area contributed by atoms with Crippen molar-refractivity contribution in [1.29, 1.82) is 0 Å². The highest BCUT2D eigenvalue weighted by Crippen LogP contribution is 2.57. The molecule has 0 spiro atoms. The van der Waals surface area contributed by atoms with Crippen LogP contribution >= 0.6 is 0 Å². The molecule has 0 saturated heterocycles. The third-order valence-corrected chi connectivity index (χ3v) is 5.63. The highest BCUT2D eigenvalue weighted by Gasteiger charge is 2.53. The van der Waals surface area contributed by atoms with Gasteiger partial charge in [-0.05, 0) is 69.3 Å². The van der Waals surface area contributed by atoms with Crippen LogP contribution in [0, 0.1) is 24.7 Å². The number of hydrogen-bond acceptors (Lipinski definition) is 2. The zero-order valence-electron chi connectivity index (χ0n) is 13.1. The molecule has 22 heavy (non-hydrogen) atoms. The summed E-state index contributed by atoms with van der Waals surface area (Å²) in [6.45, 7) is 2.38. The van der Waals surface area contributed by atoms with Gasteiger partial charge in [-0.2, -0.15) is 4.57 Å². The maximum absolute atomic E-state index is 12.4. The standard InChI is InChI=1S/C18H24NO2.ClH/c1-13-3-2-4-19(11-13)12-17(20)21-18-8-14-5-15(9-18)7-16(6-14)10-18;/h2-4,11,14-16H,5-10,12H2,1H3;1H/q+1;/p-1. The van der Waals surface area contributed by atoms with E-state index in [2.05, 4.69) is 0 Å². The van der Waals surface area contributed by atoms with E-state index in [4.69, 9.17) is 4.74 Å². The molecule has 4 fully saturated rings. The van der Waals surface area contributed by atoms with Gasteiger partial charge >= 0.3 is 5.97 Å². The minimum Gasteiger partial charge on any atom is -1.00 e. The Kier molecular flexibility index (Phi) is 4.19. The molecule has 3 nitrogen and oxygen atoms in total. The maximum atomic E-state index is 12.4. The van der Waals surface area contributed by atoms with Gasteiger partial charge in [0.1, 0.15) is 5.60 Å². The number of carbonyl (C=O) groups excluding carboxylic acids is 1. The van der Waals surface area contributed by atoms with Gasteiger partial charge in [-0.1, -0.05) is 0 Å². The molecule has 0 atom stereocenters. The third-order valence-electron chi connectivity index (χ3n) is 5.63. The minimum atomic E-state index is -0.115. The fraction of sp³-hybridized carbons (Fsp3) is 0.667. The fourth-order valence-electron chi connectivity index (χ4n) is 5.33. The van der Waals surface area contributed by atoms with Crippen molar-refractivity contribution in [2.45, 2.75) is 57.6 Å². The van der Waals surface area contributed by atoms with E-state index in [9.17, 15) is 4.79 Å². The average molecular weight is 322 g/mol. The summed E-state index contributed by atoms with van der Waals surface area (Å²) in [6.07, 6.45) is 11.4. The van der Waals surface area contributed by atoms with Gasteiger partial charge in [0, 0.05) is 11.6 Å². The van der Waals surface area contributed by atoms with Gasteiger partial charge in [0.2, 0.25) is 6.54 Å². The lowest BCUT2D eigenvalue weighted by molar-refractivity contribution is -0.686. The number of aryl methyl sites for hydroxylation is 1. The molecule has 4 heteroatoms. The molecule has 4 aliphatic rings. The van der Waals surface area contributed by atoms with Crippen molar-refractivity contribution >= 4 is 5.97 Å². The Morgan fingerprint density at radius 1 is 1.23 bits per heavy atom. The molecule has 0 aromatic carbocycles. The molecule has 0 radical (unpaired) electrons. The van der Waals surface area contributed by atoms with Crippen molar-refractivity contribution in [3.63, 3.8) is 0 Å². The van der Waals surface area contributed by atoms with E-state index >= 15 is 0 Å². The predicted molar refractivity (Wildman–Crippen MR) is 78.4 cm³/mol. The molecule has 4 bridgehead atoms. The summed E-state index contributed by atoms with van der Waals surface area (Å²) in [5, 5.41) is 0. The van der Waals surface area contributed by atoms with Gasteiger partial charge in [-0.25, -0.2) is 4.79 Å². The summed E-state index contributed by atoms with van der Waals surface area (Å²) < 4.78 is 7.96. The fourth-order valence-corrected chi connectivity index (χ4v) is 5.33. The molecule has 1 aromatic heterocycles. The first-order chi connectivity index (χ1) is 10.1. The Bertz CT molecular complexity index is 537. The van der Waals surface area contributed by atoms with Crippen LogP contribution in [0.1, 0.15) is 44.1 Å². The van der Waals surface area contributed by atoms with Crippen LogP contribution in [0.3, 0.4) is 0 Å². The van der Waals surface area contributed by atoms with Gasteiger partial charge in [-0.3, -0.25) is 0 Å². The summed E-state index contributed by atoms with van der Waals surface area (Å²) in [4.78, 5) is 12.4. The zero-order chi connectivity index (χ0) is 14.4. The van der Waals surface area contributed by atoms with Gasteiger partial charge in [0.25, 0.3) is 0 Å². The second-order valence-corrected chi connectivity index (χ2v) is 7.63. The monoisotopic (exact) mass is 321 g/mol. The summed E-state index contributed by atoms with van der Waals surface area (Å²) in [5.74, 6) is 2.38. The minimum absolute atomic E-state index is 0. The largest absolute Gasteiger partial charge is 1.00 e. The van der Waals surface area contributed by atoms with E-state index in [1.54, 1.807) is 0 Å². The van der Waals surface area contributed by atoms with Crippen LogP contribution in [0.2, 0.25) is 0 Å². The Morgan fingerprint density at radius 2 is 1.82 bits per heavy atom. The number of halogens is 1. The van der Waals surface area contributed by atoms with Crippen molar-refractivity contribution in [1.82, 2.24) is 0 Å². The zero-order valence-corrected chi connectivity index (χ0v) is 13.9. The molecule has 4 aliphatic carbocycles. The van der Waals surface area contributed by atoms with E-state index < -0.39 is 0 Å². The molecule has 0 unspecified atom stereocenters. The van der Waals surface area contributed by atoms with Crippen LogP contribution in [0.25, 0.3) is 0 Å². The number of pyridine rings is 1. The number of carbonyl (C=O) groups is 1. The summed E-state index contributed by atoms with van der Waals surface area (Å²) in [6, 6.07) is 4.02. The van der Waals surface area contributed by atoms with Gasteiger partial charge in [-0.15, -0.1) is 0 Å². The van der Waals surface area contributed by atoms with Crippen LogP contribution in [-0.4, -0.2) is 11.6 Å². The molecule has 0 aliphatic heterocycles. The van der Waals surface area contributed by atoms with E-state index in [1.165, 1.54) is 24.8 Å². The van der Waals surface area contributed by atoms with Crippen molar-refractivity contribution in [3.05, 3.63) is 30.1 Å². The average Bonchev–Trinajstić information content (AvgIpc) is 2.35. The van der Waals surface area contributed by atoms with Crippen LogP contribution in [-0.2, 0) is 16.1 Å². The lowest BCUT2D eigenvalue weighted by Gasteiger charge is -2.55. The SMILES string of the molecule is Cc1ccc[n+](CC(=O)OC23CC4CC(CC(C4)C2)C3)c1.[Cl-]. The van der Waals surface area contributed by atoms with Crippen LogP contribution < -0.4 is 17.0 Å². The highest BCUT2D eigenvalue weighted by molar-refractivity contribution is 5.68. The first-order valence-corrected chi connectivity index (χ1v) is 8.28. The molecule has 120 valence electrons. The van der Waals surface area contributed by atoms with Crippen molar-refractivity contribution in [2.24, 2.45) is 17.8 Å². The topological polar surface area (TPSA) is 30.2 Å². The number of esters is 1. The molecule has 5 rings (SSSR count). The Labute approximate surface area is 138 Å². The van der Waals surface area contributed by atoms with Crippen molar-refractivity contribution in [2.75, 3.05) is 0 Å². The van der Waals surface area contributed by atoms with Crippen LogP contribution in [0.4, 0.5) is 0 Å². The Hall–Kier alpha value is -1.09. The molecule has 4 saturated carbocycles. The van der Waals surface area contributed by atoms with Crippen LogP contribution in [0.5, 0.6) is 0 Å². The van der Waals surface area contributed by atoms with E-state index in [-0.39, 0.29) is 24.0 Å². The molecule has 0 amide bonds. The Morgan fingerprint density at radius 3 is 2.36 bits per heavy atom. The first-order valence-electron chi connectivity index (χ1n) is 8.28. The number of rotatable bonds is 3. The second-order valence-electron chi connectivity index (χ2n) is 7.63. The molecule has 1 aromatic rings. The van der Waals surface area contributed by atoms with Gasteiger partial charge in [0.05, 0.1) is 0 Å². The summed E-state index contributed by atoms with van der Waals surface area (Å²) >= 11 is 0. The van der Waals surface area contributed by atoms with Crippen molar-refractivity contribution in [3.8, 4) is 0 Å². The molecular formula is C18H24ClNO2. The van der Waals surface area contributed by atoms with Crippen molar-refractivity contribution < 1.29 is 26.5 Å². The van der Waals surface area contributed by atoms with E-state index in [1.807, 2.05) is 36.0 Å². The number of ether oxygens (including phenoxy) is 1.